The molecule has 2 aromatic heterocycles. The number of hydrogen-bond acceptors (Lipinski definition) is 5. The van der Waals surface area contributed by atoms with Crippen LogP contribution in [0.15, 0.2) is 42.9 Å². The predicted molar refractivity (Wildman–Crippen MR) is 70.2 cm³/mol. The Morgan fingerprint density at radius 2 is 2.10 bits per heavy atom. The molecule has 0 amide bonds. The molecule has 20 heavy (non-hydrogen) atoms. The van der Waals surface area contributed by atoms with Gasteiger partial charge in [0, 0.05) is 12.3 Å². The van der Waals surface area contributed by atoms with Crippen LogP contribution < -0.4 is 0 Å². The predicted octanol–water partition coefficient (Wildman–Crippen LogP) is 2.20. The summed E-state index contributed by atoms with van der Waals surface area (Å²) >= 11 is 0. The molecule has 0 aliphatic carbocycles. The largest absolute Gasteiger partial charge is 0.313 e. The fraction of sp³-hybridized carbons (Fsp3) is 0. The van der Waals surface area contributed by atoms with Crippen molar-refractivity contribution in [3.63, 3.8) is 0 Å². The van der Waals surface area contributed by atoms with Crippen LogP contribution in [0.3, 0.4) is 0 Å². The molecule has 3 aromatic rings. The van der Waals surface area contributed by atoms with Crippen molar-refractivity contribution in [2.75, 3.05) is 0 Å². The maximum atomic E-state index is 11.1. The minimum Gasteiger partial charge on any atom is -0.277 e. The van der Waals surface area contributed by atoms with Gasteiger partial charge in [-0.05, 0) is 12.1 Å². The van der Waals surface area contributed by atoms with E-state index in [1.807, 2.05) is 18.2 Å². The molecule has 3 rings (SSSR count). The molecule has 96 valence electrons. The average Bonchev–Trinajstić information content (AvgIpc) is 2.90. The van der Waals surface area contributed by atoms with Gasteiger partial charge in [0.1, 0.15) is 12.4 Å². The zero-order valence-corrected chi connectivity index (χ0v) is 10.1. The number of para-hydroxylation sites is 2. The summed E-state index contributed by atoms with van der Waals surface area (Å²) in [5.41, 5.74) is 1.35. The summed E-state index contributed by atoms with van der Waals surface area (Å²) in [7, 11) is 0. The van der Waals surface area contributed by atoms with Crippen molar-refractivity contribution in [3.8, 4) is 11.9 Å². The quantitative estimate of drug-likeness (QED) is 0.522. The van der Waals surface area contributed by atoms with Crippen molar-refractivity contribution < 1.29 is 4.92 Å². The van der Waals surface area contributed by atoms with E-state index >= 15 is 0 Å². The van der Waals surface area contributed by atoms with E-state index in [9.17, 15) is 10.1 Å². The van der Waals surface area contributed by atoms with Crippen LogP contribution in [0, 0.1) is 21.4 Å². The molecule has 0 fully saturated rings. The molecule has 0 unspecified atom stereocenters. The first kappa shape index (κ1) is 11.8. The molecule has 2 heterocycles. The Kier molecular flexibility index (Phi) is 2.62. The molecule has 0 saturated heterocycles. The molecule has 0 N–H and O–H groups in total. The lowest BCUT2D eigenvalue weighted by Crippen LogP contribution is -2.02. The van der Waals surface area contributed by atoms with Crippen LogP contribution in [-0.2, 0) is 0 Å². The van der Waals surface area contributed by atoms with Gasteiger partial charge in [0.15, 0.2) is 0 Å². The Balaban J connectivity index is 2.29. The van der Waals surface area contributed by atoms with Crippen LogP contribution in [0.5, 0.6) is 0 Å². The number of nitrogens with zero attached hydrogens (tertiary/aromatic N) is 5. The zero-order valence-electron chi connectivity index (χ0n) is 10.1. The van der Waals surface area contributed by atoms with Gasteiger partial charge in [-0.1, -0.05) is 12.1 Å². The van der Waals surface area contributed by atoms with Crippen molar-refractivity contribution in [1.82, 2.24) is 14.5 Å². The van der Waals surface area contributed by atoms with E-state index < -0.39 is 4.92 Å². The SMILES string of the molecule is N#Cc1cnc(-n2cnc3ccccc32)c([N+](=O)[O-])c1. The molecular formula is C13H7N5O2. The summed E-state index contributed by atoms with van der Waals surface area (Å²) in [6.07, 6.45) is 2.78. The van der Waals surface area contributed by atoms with E-state index in [2.05, 4.69) is 9.97 Å². The van der Waals surface area contributed by atoms with Gasteiger partial charge in [0.25, 0.3) is 0 Å². The highest BCUT2D eigenvalue weighted by atomic mass is 16.6. The first-order valence-electron chi connectivity index (χ1n) is 5.67. The number of aromatic nitrogens is 3. The van der Waals surface area contributed by atoms with Gasteiger partial charge in [0.05, 0.1) is 21.5 Å². The van der Waals surface area contributed by atoms with Crippen molar-refractivity contribution in [2.45, 2.75) is 0 Å². The maximum Gasteiger partial charge on any atom is 0.313 e. The van der Waals surface area contributed by atoms with E-state index in [4.69, 9.17) is 5.26 Å². The van der Waals surface area contributed by atoms with Gasteiger partial charge in [-0.25, -0.2) is 9.97 Å². The fourth-order valence-corrected chi connectivity index (χ4v) is 1.95. The van der Waals surface area contributed by atoms with Crippen LogP contribution in [0.1, 0.15) is 5.56 Å². The molecule has 1 aromatic carbocycles. The molecule has 0 aliphatic heterocycles. The minimum absolute atomic E-state index is 0.141. The molecule has 7 heteroatoms. The van der Waals surface area contributed by atoms with Crippen LogP contribution in [0.4, 0.5) is 5.69 Å². The van der Waals surface area contributed by atoms with E-state index in [1.54, 1.807) is 12.1 Å². The first-order chi connectivity index (χ1) is 9.70. The Bertz CT molecular complexity index is 863. The molecular weight excluding hydrogens is 258 g/mol. The Morgan fingerprint density at radius 3 is 2.85 bits per heavy atom. The van der Waals surface area contributed by atoms with Gasteiger partial charge < -0.3 is 0 Å². The third-order valence-electron chi connectivity index (χ3n) is 2.85. The molecule has 7 nitrogen and oxygen atoms in total. The lowest BCUT2D eigenvalue weighted by atomic mass is 10.2. The summed E-state index contributed by atoms with van der Waals surface area (Å²) in [4.78, 5) is 18.8. The number of pyridine rings is 1. The number of nitro groups is 1. The van der Waals surface area contributed by atoms with Crippen molar-refractivity contribution in [3.05, 3.63) is 58.5 Å². The summed E-state index contributed by atoms with van der Waals surface area (Å²) < 4.78 is 1.54. The summed E-state index contributed by atoms with van der Waals surface area (Å²) in [6, 6.07) is 10.3. The lowest BCUT2D eigenvalue weighted by molar-refractivity contribution is -0.384. The Morgan fingerprint density at radius 1 is 1.30 bits per heavy atom. The van der Waals surface area contributed by atoms with Gasteiger partial charge in [-0.2, -0.15) is 5.26 Å². The summed E-state index contributed by atoms with van der Waals surface area (Å²) in [6.45, 7) is 0. The highest BCUT2D eigenvalue weighted by Crippen LogP contribution is 2.25. The fourth-order valence-electron chi connectivity index (χ4n) is 1.95. The third-order valence-corrected chi connectivity index (χ3v) is 2.85. The lowest BCUT2D eigenvalue weighted by Gasteiger charge is -2.04. The minimum atomic E-state index is -0.558. The highest BCUT2D eigenvalue weighted by Gasteiger charge is 2.19. The number of fused-ring (bicyclic) bond motifs is 1. The normalized spacial score (nSPS) is 10.3. The Hall–Kier alpha value is -3.27. The molecule has 0 aliphatic rings. The number of rotatable bonds is 2. The van der Waals surface area contributed by atoms with Gasteiger partial charge in [-0.15, -0.1) is 0 Å². The molecule has 0 atom stereocenters. The van der Waals surface area contributed by atoms with Gasteiger partial charge in [-0.3, -0.25) is 14.7 Å². The van der Waals surface area contributed by atoms with E-state index in [-0.39, 0.29) is 17.1 Å². The third kappa shape index (κ3) is 1.76. The van der Waals surface area contributed by atoms with Crippen LogP contribution in [0.2, 0.25) is 0 Å². The first-order valence-corrected chi connectivity index (χ1v) is 5.67. The molecule has 0 radical (unpaired) electrons. The van der Waals surface area contributed by atoms with E-state index in [0.29, 0.717) is 11.0 Å². The van der Waals surface area contributed by atoms with Gasteiger partial charge in [0.2, 0.25) is 5.82 Å². The molecule has 0 bridgehead atoms. The number of benzene rings is 1. The monoisotopic (exact) mass is 265 g/mol. The summed E-state index contributed by atoms with van der Waals surface area (Å²) in [5, 5.41) is 19.9. The zero-order chi connectivity index (χ0) is 14.1. The standard InChI is InChI=1S/C13H7N5O2/c14-6-9-5-12(18(19)20)13(15-7-9)17-8-16-10-3-1-2-4-11(10)17/h1-5,7-8H. The van der Waals surface area contributed by atoms with Crippen LogP contribution in [0.25, 0.3) is 16.9 Å². The Labute approximate surface area is 112 Å². The van der Waals surface area contributed by atoms with Gasteiger partial charge >= 0.3 is 5.69 Å². The average molecular weight is 265 g/mol. The highest BCUT2D eigenvalue weighted by molar-refractivity contribution is 5.77. The summed E-state index contributed by atoms with van der Waals surface area (Å²) in [5.74, 6) is 0.141. The second-order valence-corrected chi connectivity index (χ2v) is 4.04. The van der Waals surface area contributed by atoms with Crippen molar-refractivity contribution in [1.29, 1.82) is 5.26 Å². The maximum absolute atomic E-state index is 11.1. The second-order valence-electron chi connectivity index (χ2n) is 4.04. The topological polar surface area (TPSA) is 97.6 Å². The van der Waals surface area contributed by atoms with E-state index in [1.165, 1.54) is 23.2 Å². The van der Waals surface area contributed by atoms with Crippen LogP contribution in [-0.4, -0.2) is 19.5 Å². The smallest absolute Gasteiger partial charge is 0.277 e. The van der Waals surface area contributed by atoms with Crippen LogP contribution >= 0.6 is 0 Å². The number of imidazole rings is 1. The number of nitriles is 1. The molecule has 0 saturated carbocycles. The van der Waals surface area contributed by atoms with E-state index in [0.717, 1.165) is 0 Å². The molecule has 0 spiro atoms. The second kappa shape index (κ2) is 4.44. The van der Waals surface area contributed by atoms with Crippen molar-refractivity contribution >= 4 is 16.7 Å². The van der Waals surface area contributed by atoms with Crippen molar-refractivity contribution in [2.24, 2.45) is 0 Å². The number of hydrogen-bond donors (Lipinski definition) is 0.